The summed E-state index contributed by atoms with van der Waals surface area (Å²) in [6, 6.07) is 5.56. The molecular formula is C13H18ClFN2. The summed E-state index contributed by atoms with van der Waals surface area (Å²) >= 11 is 5.77. The Bertz CT molecular complexity index is 397. The number of likely N-dealkylation sites (N-methyl/N-ethyl adjacent to an activating group) is 1. The van der Waals surface area contributed by atoms with E-state index in [1.54, 1.807) is 6.07 Å². The molecular weight excluding hydrogens is 239 g/mol. The molecule has 1 heterocycles. The number of anilines is 1. The van der Waals surface area contributed by atoms with Gasteiger partial charge >= 0.3 is 0 Å². The van der Waals surface area contributed by atoms with E-state index in [1.807, 2.05) is 6.07 Å². The highest BCUT2D eigenvalue weighted by Crippen LogP contribution is 2.22. The third-order valence-corrected chi connectivity index (χ3v) is 3.73. The fraction of sp³-hybridized carbons (Fsp3) is 0.538. The average molecular weight is 257 g/mol. The van der Waals surface area contributed by atoms with Crippen molar-refractivity contribution in [2.45, 2.75) is 18.8 Å². The second-order valence-electron chi connectivity index (χ2n) is 4.73. The second kappa shape index (κ2) is 5.23. The van der Waals surface area contributed by atoms with Crippen LogP contribution in [0.1, 0.15) is 12.5 Å². The van der Waals surface area contributed by atoms with E-state index in [0.717, 1.165) is 30.9 Å². The molecule has 1 aromatic carbocycles. The molecule has 0 aromatic heterocycles. The van der Waals surface area contributed by atoms with Crippen LogP contribution < -0.4 is 4.90 Å². The Hall–Kier alpha value is -0.800. The monoisotopic (exact) mass is 256 g/mol. The van der Waals surface area contributed by atoms with E-state index in [2.05, 4.69) is 23.8 Å². The maximum Gasteiger partial charge on any atom is 0.125 e. The second-order valence-corrected chi connectivity index (χ2v) is 4.99. The molecule has 1 fully saturated rings. The van der Waals surface area contributed by atoms with Gasteiger partial charge in [-0.3, -0.25) is 0 Å². The van der Waals surface area contributed by atoms with E-state index in [0.29, 0.717) is 11.9 Å². The molecule has 94 valence electrons. The van der Waals surface area contributed by atoms with Crippen LogP contribution in [-0.4, -0.2) is 37.6 Å². The smallest absolute Gasteiger partial charge is 0.125 e. The Morgan fingerprint density at radius 1 is 1.35 bits per heavy atom. The summed E-state index contributed by atoms with van der Waals surface area (Å²) in [5.41, 5.74) is 1.79. The number of rotatable bonds is 2. The molecule has 1 aliphatic heterocycles. The molecule has 0 amide bonds. The zero-order chi connectivity index (χ0) is 12.4. The van der Waals surface area contributed by atoms with E-state index in [1.165, 1.54) is 6.07 Å². The van der Waals surface area contributed by atoms with E-state index >= 15 is 0 Å². The molecule has 1 aliphatic rings. The van der Waals surface area contributed by atoms with Gasteiger partial charge in [0.15, 0.2) is 0 Å². The van der Waals surface area contributed by atoms with Crippen molar-refractivity contribution in [3.05, 3.63) is 29.6 Å². The lowest BCUT2D eigenvalue weighted by molar-refractivity contribution is 0.234. The molecule has 1 unspecified atom stereocenters. The molecule has 1 aromatic rings. The largest absolute Gasteiger partial charge is 0.369 e. The molecule has 0 spiro atoms. The maximum absolute atomic E-state index is 13.4. The first kappa shape index (κ1) is 12.7. The number of nitrogens with zero attached hydrogens (tertiary/aromatic N) is 2. The summed E-state index contributed by atoms with van der Waals surface area (Å²) in [5.74, 6) is 0.151. The molecule has 0 aliphatic carbocycles. The van der Waals surface area contributed by atoms with Crippen LogP contribution in [0.3, 0.4) is 0 Å². The molecule has 1 saturated heterocycles. The van der Waals surface area contributed by atoms with Crippen molar-refractivity contribution in [1.29, 1.82) is 0 Å². The van der Waals surface area contributed by atoms with Crippen LogP contribution in [-0.2, 0) is 5.88 Å². The topological polar surface area (TPSA) is 6.48 Å². The molecule has 0 bridgehead atoms. The van der Waals surface area contributed by atoms with Crippen molar-refractivity contribution in [2.24, 2.45) is 0 Å². The van der Waals surface area contributed by atoms with Gasteiger partial charge in [0.25, 0.3) is 0 Å². The summed E-state index contributed by atoms with van der Waals surface area (Å²) in [4.78, 5) is 4.54. The highest BCUT2D eigenvalue weighted by Gasteiger charge is 2.21. The lowest BCUT2D eigenvalue weighted by Crippen LogP contribution is -2.50. The number of piperazine rings is 1. The van der Waals surface area contributed by atoms with E-state index in [4.69, 9.17) is 11.6 Å². The average Bonchev–Trinajstić information content (AvgIpc) is 2.32. The van der Waals surface area contributed by atoms with Gasteiger partial charge in [-0.05, 0) is 37.7 Å². The molecule has 2 nitrogen and oxygen atoms in total. The van der Waals surface area contributed by atoms with Crippen LogP contribution in [0, 0.1) is 5.82 Å². The van der Waals surface area contributed by atoms with Crippen LogP contribution >= 0.6 is 11.6 Å². The number of hydrogen-bond acceptors (Lipinski definition) is 2. The normalized spacial score (nSPS) is 21.9. The lowest BCUT2D eigenvalue weighted by atomic mass is 10.1. The van der Waals surface area contributed by atoms with Gasteiger partial charge in [-0.1, -0.05) is 0 Å². The van der Waals surface area contributed by atoms with Gasteiger partial charge in [-0.15, -0.1) is 11.6 Å². The maximum atomic E-state index is 13.4. The first-order chi connectivity index (χ1) is 8.10. The Morgan fingerprint density at radius 3 is 2.76 bits per heavy atom. The molecule has 0 saturated carbocycles. The van der Waals surface area contributed by atoms with Gasteiger partial charge in [-0.25, -0.2) is 4.39 Å². The fourth-order valence-electron chi connectivity index (χ4n) is 2.18. The number of benzene rings is 1. The predicted octanol–water partition coefficient (Wildman–Crippen LogP) is 2.70. The Morgan fingerprint density at radius 2 is 2.12 bits per heavy atom. The Kier molecular flexibility index (Phi) is 3.89. The summed E-state index contributed by atoms with van der Waals surface area (Å²) in [6.07, 6.45) is 0. The number of halogens is 2. The van der Waals surface area contributed by atoms with Crippen molar-refractivity contribution < 1.29 is 4.39 Å². The Balaban J connectivity index is 2.19. The highest BCUT2D eigenvalue weighted by atomic mass is 35.5. The predicted molar refractivity (Wildman–Crippen MR) is 70.3 cm³/mol. The van der Waals surface area contributed by atoms with Gasteiger partial charge in [0.1, 0.15) is 5.82 Å². The molecule has 17 heavy (non-hydrogen) atoms. The SMILES string of the molecule is CC1CN(c2cc(F)cc(CCl)c2)CCN1C. The standard InChI is InChI=1S/C13H18ClFN2/c1-10-9-17(4-3-16(10)2)13-6-11(8-14)5-12(15)7-13/h5-7,10H,3-4,8-9H2,1-2H3. The lowest BCUT2D eigenvalue weighted by Gasteiger charge is -2.39. The van der Waals surface area contributed by atoms with Gasteiger partial charge < -0.3 is 9.80 Å². The third kappa shape index (κ3) is 2.90. The summed E-state index contributed by atoms with van der Waals surface area (Å²) in [5, 5.41) is 0. The molecule has 1 atom stereocenters. The minimum Gasteiger partial charge on any atom is -0.369 e. The van der Waals surface area contributed by atoms with Crippen LogP contribution in [0.4, 0.5) is 10.1 Å². The number of hydrogen-bond donors (Lipinski definition) is 0. The fourth-order valence-corrected chi connectivity index (χ4v) is 2.33. The molecule has 0 radical (unpaired) electrons. The van der Waals surface area contributed by atoms with Crippen molar-refractivity contribution in [3.63, 3.8) is 0 Å². The van der Waals surface area contributed by atoms with Crippen LogP contribution in [0.25, 0.3) is 0 Å². The first-order valence-electron chi connectivity index (χ1n) is 5.91. The third-order valence-electron chi connectivity index (χ3n) is 3.42. The zero-order valence-electron chi connectivity index (χ0n) is 10.3. The zero-order valence-corrected chi connectivity index (χ0v) is 11.0. The first-order valence-corrected chi connectivity index (χ1v) is 6.44. The van der Waals surface area contributed by atoms with Crippen LogP contribution in [0.2, 0.25) is 0 Å². The summed E-state index contributed by atoms with van der Waals surface area (Å²) < 4.78 is 13.4. The van der Waals surface area contributed by atoms with E-state index in [9.17, 15) is 4.39 Å². The quantitative estimate of drug-likeness (QED) is 0.751. The van der Waals surface area contributed by atoms with Crippen molar-refractivity contribution in [3.8, 4) is 0 Å². The van der Waals surface area contributed by atoms with E-state index < -0.39 is 0 Å². The summed E-state index contributed by atoms with van der Waals surface area (Å²) in [6.45, 7) is 5.06. The van der Waals surface area contributed by atoms with Gasteiger partial charge in [0.2, 0.25) is 0 Å². The van der Waals surface area contributed by atoms with E-state index in [-0.39, 0.29) is 5.82 Å². The Labute approximate surface area is 107 Å². The van der Waals surface area contributed by atoms with Gasteiger partial charge in [0, 0.05) is 37.2 Å². The van der Waals surface area contributed by atoms with Crippen molar-refractivity contribution in [2.75, 3.05) is 31.6 Å². The van der Waals surface area contributed by atoms with Gasteiger partial charge in [-0.2, -0.15) is 0 Å². The van der Waals surface area contributed by atoms with Crippen molar-refractivity contribution in [1.82, 2.24) is 4.90 Å². The van der Waals surface area contributed by atoms with Crippen LogP contribution in [0.5, 0.6) is 0 Å². The van der Waals surface area contributed by atoms with Crippen molar-refractivity contribution >= 4 is 17.3 Å². The summed E-state index contributed by atoms with van der Waals surface area (Å²) in [7, 11) is 2.12. The number of alkyl halides is 1. The molecule has 2 rings (SSSR count). The highest BCUT2D eigenvalue weighted by molar-refractivity contribution is 6.17. The van der Waals surface area contributed by atoms with Crippen LogP contribution in [0.15, 0.2) is 18.2 Å². The molecule has 4 heteroatoms. The minimum atomic E-state index is -0.204. The van der Waals surface area contributed by atoms with Gasteiger partial charge in [0.05, 0.1) is 0 Å². The minimum absolute atomic E-state index is 0.204. The molecule has 0 N–H and O–H groups in total.